The zero-order valence-corrected chi connectivity index (χ0v) is 18.8. The molecule has 2 amide bonds. The van der Waals surface area contributed by atoms with Crippen LogP contribution in [0.1, 0.15) is 63.8 Å². The molecule has 0 N–H and O–H groups in total. The molecule has 0 radical (unpaired) electrons. The molecule has 1 unspecified atom stereocenters. The standard InChI is InChI=1S/C21H32N6O3/c1-14(2)26(20(29)30-21(4,5)6)13-16-8-7-11-25(12-16)18(28)17-23-19-22-10-9-15(3)27(19)24-17/h9-10,14,16H,7-8,11-13H2,1-6H3. The maximum atomic E-state index is 13.0. The number of hydrogen-bond donors (Lipinski definition) is 0. The van der Waals surface area contributed by atoms with E-state index in [4.69, 9.17) is 4.74 Å². The van der Waals surface area contributed by atoms with Crippen LogP contribution in [0.3, 0.4) is 0 Å². The van der Waals surface area contributed by atoms with E-state index in [0.717, 1.165) is 18.5 Å². The minimum atomic E-state index is -0.542. The Labute approximate surface area is 177 Å². The van der Waals surface area contributed by atoms with Crippen molar-refractivity contribution < 1.29 is 14.3 Å². The summed E-state index contributed by atoms with van der Waals surface area (Å²) in [6, 6.07) is 1.84. The Balaban J connectivity index is 1.69. The first-order valence-electron chi connectivity index (χ1n) is 10.5. The van der Waals surface area contributed by atoms with Crippen molar-refractivity contribution in [3.63, 3.8) is 0 Å². The van der Waals surface area contributed by atoms with Crippen molar-refractivity contribution in [2.24, 2.45) is 5.92 Å². The average molecular weight is 417 g/mol. The van der Waals surface area contributed by atoms with Gasteiger partial charge in [0, 0.05) is 37.6 Å². The second-order valence-electron chi connectivity index (χ2n) is 9.22. The van der Waals surface area contributed by atoms with Gasteiger partial charge in [0.15, 0.2) is 0 Å². The highest BCUT2D eigenvalue weighted by Gasteiger charge is 2.31. The molecule has 0 aliphatic carbocycles. The molecule has 2 aromatic rings. The van der Waals surface area contributed by atoms with E-state index in [1.54, 1.807) is 20.5 Å². The predicted octanol–water partition coefficient (Wildman–Crippen LogP) is 2.93. The number of aromatic nitrogens is 4. The van der Waals surface area contributed by atoms with Crippen LogP contribution in [-0.2, 0) is 4.74 Å². The Morgan fingerprint density at radius 2 is 2.07 bits per heavy atom. The molecule has 1 saturated heterocycles. The fraction of sp³-hybridized carbons (Fsp3) is 0.667. The van der Waals surface area contributed by atoms with E-state index in [1.807, 2.05) is 47.6 Å². The molecule has 0 bridgehead atoms. The second kappa shape index (κ2) is 8.57. The number of nitrogens with zero attached hydrogens (tertiary/aromatic N) is 6. The van der Waals surface area contributed by atoms with Crippen molar-refractivity contribution in [3.8, 4) is 0 Å². The molecule has 9 nitrogen and oxygen atoms in total. The van der Waals surface area contributed by atoms with Crippen molar-refractivity contribution >= 4 is 17.8 Å². The third kappa shape index (κ3) is 5.06. The summed E-state index contributed by atoms with van der Waals surface area (Å²) in [4.78, 5) is 37.7. The number of likely N-dealkylation sites (tertiary alicyclic amines) is 1. The van der Waals surface area contributed by atoms with Crippen molar-refractivity contribution in [1.82, 2.24) is 29.4 Å². The van der Waals surface area contributed by atoms with Crippen molar-refractivity contribution in [1.29, 1.82) is 0 Å². The van der Waals surface area contributed by atoms with Crippen molar-refractivity contribution in [2.75, 3.05) is 19.6 Å². The van der Waals surface area contributed by atoms with Crippen LogP contribution >= 0.6 is 0 Å². The molecule has 1 atom stereocenters. The topological polar surface area (TPSA) is 92.9 Å². The number of rotatable bonds is 4. The van der Waals surface area contributed by atoms with E-state index in [2.05, 4.69) is 15.1 Å². The van der Waals surface area contributed by atoms with Gasteiger partial charge in [-0.2, -0.15) is 4.98 Å². The van der Waals surface area contributed by atoms with Gasteiger partial charge in [0.1, 0.15) is 5.60 Å². The summed E-state index contributed by atoms with van der Waals surface area (Å²) in [5.74, 6) is 0.556. The van der Waals surface area contributed by atoms with Crippen LogP contribution in [-0.4, -0.2) is 72.7 Å². The lowest BCUT2D eigenvalue weighted by Gasteiger charge is -2.37. The number of carbonyl (C=O) groups is 2. The van der Waals surface area contributed by atoms with Crippen molar-refractivity contribution in [3.05, 3.63) is 23.8 Å². The number of amides is 2. The normalized spacial score (nSPS) is 17.4. The van der Waals surface area contributed by atoms with E-state index >= 15 is 0 Å². The van der Waals surface area contributed by atoms with Crippen molar-refractivity contribution in [2.45, 2.75) is 66.0 Å². The molecule has 1 aliphatic heterocycles. The van der Waals surface area contributed by atoms with Gasteiger partial charge in [-0.1, -0.05) is 0 Å². The maximum absolute atomic E-state index is 13.0. The molecule has 30 heavy (non-hydrogen) atoms. The quantitative estimate of drug-likeness (QED) is 0.761. The molecule has 3 rings (SSSR count). The fourth-order valence-electron chi connectivity index (χ4n) is 3.63. The summed E-state index contributed by atoms with van der Waals surface area (Å²) in [6.07, 6.45) is 3.17. The van der Waals surface area contributed by atoms with Gasteiger partial charge in [-0.15, -0.1) is 5.10 Å². The highest BCUT2D eigenvalue weighted by molar-refractivity contribution is 5.91. The number of hydrogen-bond acceptors (Lipinski definition) is 6. The van der Waals surface area contributed by atoms with E-state index < -0.39 is 5.60 Å². The van der Waals surface area contributed by atoms with Crippen LogP contribution < -0.4 is 0 Å². The first-order valence-corrected chi connectivity index (χ1v) is 10.5. The predicted molar refractivity (Wildman–Crippen MR) is 112 cm³/mol. The van der Waals surface area contributed by atoms with Crippen LogP contribution in [0.25, 0.3) is 5.78 Å². The molecule has 1 fully saturated rings. The Hall–Kier alpha value is -2.71. The Kier molecular flexibility index (Phi) is 6.28. The first kappa shape index (κ1) is 22.0. The zero-order valence-electron chi connectivity index (χ0n) is 18.8. The number of ether oxygens (including phenoxy) is 1. The van der Waals surface area contributed by atoms with Gasteiger partial charge >= 0.3 is 6.09 Å². The van der Waals surface area contributed by atoms with Gasteiger partial charge in [-0.05, 0) is 66.4 Å². The zero-order chi connectivity index (χ0) is 22.1. The minimum absolute atomic E-state index is 0.0140. The lowest BCUT2D eigenvalue weighted by Crippen LogP contribution is -2.48. The van der Waals surface area contributed by atoms with E-state index in [1.165, 1.54) is 0 Å². The van der Waals surface area contributed by atoms with E-state index in [0.29, 0.717) is 25.4 Å². The van der Waals surface area contributed by atoms with Gasteiger partial charge in [0.2, 0.25) is 5.82 Å². The minimum Gasteiger partial charge on any atom is -0.444 e. The van der Waals surface area contributed by atoms with E-state index in [9.17, 15) is 9.59 Å². The molecular formula is C21H32N6O3. The van der Waals surface area contributed by atoms with Gasteiger partial charge in [-0.25, -0.2) is 14.3 Å². The first-order chi connectivity index (χ1) is 14.0. The molecule has 0 saturated carbocycles. The Morgan fingerprint density at radius 1 is 1.33 bits per heavy atom. The molecular weight excluding hydrogens is 384 g/mol. The molecule has 0 spiro atoms. The van der Waals surface area contributed by atoms with Crippen LogP contribution in [0.15, 0.2) is 12.3 Å². The monoisotopic (exact) mass is 416 g/mol. The van der Waals surface area contributed by atoms with Gasteiger partial charge in [-0.3, -0.25) is 4.79 Å². The molecule has 9 heteroatoms. The van der Waals surface area contributed by atoms with Crippen LogP contribution in [0, 0.1) is 12.8 Å². The molecule has 2 aromatic heterocycles. The lowest BCUT2D eigenvalue weighted by molar-refractivity contribution is 0.0123. The highest BCUT2D eigenvalue weighted by atomic mass is 16.6. The Bertz CT molecular complexity index is 917. The van der Waals surface area contributed by atoms with Crippen LogP contribution in [0.2, 0.25) is 0 Å². The van der Waals surface area contributed by atoms with Crippen LogP contribution in [0.4, 0.5) is 4.79 Å². The summed E-state index contributed by atoms with van der Waals surface area (Å²) in [5.41, 5.74) is 0.327. The second-order valence-corrected chi connectivity index (χ2v) is 9.22. The number of piperidine rings is 1. The molecule has 0 aromatic carbocycles. The SMILES string of the molecule is Cc1ccnc2nc(C(=O)N3CCCC(CN(C(=O)OC(C)(C)C)C(C)C)C3)nn12. The molecule has 3 heterocycles. The summed E-state index contributed by atoms with van der Waals surface area (Å²) < 4.78 is 7.15. The number of fused-ring (bicyclic) bond motifs is 1. The summed E-state index contributed by atoms with van der Waals surface area (Å²) in [7, 11) is 0. The number of aryl methyl sites for hydroxylation is 1. The van der Waals surface area contributed by atoms with Gasteiger partial charge < -0.3 is 14.5 Å². The Morgan fingerprint density at radius 3 is 2.70 bits per heavy atom. The molecule has 164 valence electrons. The third-order valence-corrected chi connectivity index (χ3v) is 5.13. The van der Waals surface area contributed by atoms with Crippen LogP contribution in [0.5, 0.6) is 0 Å². The maximum Gasteiger partial charge on any atom is 0.410 e. The van der Waals surface area contributed by atoms with Gasteiger partial charge in [0.05, 0.1) is 0 Å². The number of carbonyl (C=O) groups excluding carboxylic acids is 2. The summed E-state index contributed by atoms with van der Waals surface area (Å²) >= 11 is 0. The lowest BCUT2D eigenvalue weighted by atomic mass is 9.97. The third-order valence-electron chi connectivity index (χ3n) is 5.13. The summed E-state index contributed by atoms with van der Waals surface area (Å²) in [6.45, 7) is 13.2. The largest absolute Gasteiger partial charge is 0.444 e. The molecule has 1 aliphatic rings. The smallest absolute Gasteiger partial charge is 0.410 e. The van der Waals surface area contributed by atoms with E-state index in [-0.39, 0.29) is 29.8 Å². The fourth-order valence-corrected chi connectivity index (χ4v) is 3.63. The average Bonchev–Trinajstić information content (AvgIpc) is 3.10. The highest BCUT2D eigenvalue weighted by Crippen LogP contribution is 2.21. The summed E-state index contributed by atoms with van der Waals surface area (Å²) in [5, 5.41) is 4.34. The van der Waals surface area contributed by atoms with Gasteiger partial charge in [0.25, 0.3) is 11.7 Å².